The minimum atomic E-state index is -0.578. The van der Waals surface area contributed by atoms with Crippen molar-refractivity contribution >= 4 is 6.09 Å². The smallest absolute Gasteiger partial charge is 0.410 e. The summed E-state index contributed by atoms with van der Waals surface area (Å²) >= 11 is 0. The van der Waals surface area contributed by atoms with E-state index in [1.807, 2.05) is 51.1 Å². The van der Waals surface area contributed by atoms with Crippen molar-refractivity contribution in [2.45, 2.75) is 51.6 Å². The fraction of sp³-hybridized carbons (Fsp3) is 0.588. The first-order valence-corrected chi connectivity index (χ1v) is 7.65. The second kappa shape index (κ2) is 7.11. The molecule has 1 aliphatic heterocycles. The number of piperidine rings is 1. The van der Waals surface area contributed by atoms with Crippen LogP contribution in [0.25, 0.3) is 0 Å². The second-order valence-corrected chi connectivity index (χ2v) is 6.69. The number of amides is 1. The van der Waals surface area contributed by atoms with E-state index in [9.17, 15) is 9.90 Å². The van der Waals surface area contributed by atoms with E-state index in [2.05, 4.69) is 0 Å². The van der Waals surface area contributed by atoms with Crippen LogP contribution in [0.1, 0.15) is 32.8 Å². The molecule has 2 atom stereocenters. The standard InChI is InChI=1S/C17H25NO4/c1-17(2,3)22-15-9-14(19)10-18(11-15)16(20)21-12-13-7-5-4-6-8-13/h4-8,14-15,19H,9-12H2,1-3H3/t14-,15-/m0/s1. The molecule has 1 fully saturated rings. The predicted octanol–water partition coefficient (Wildman–Crippen LogP) is 2.57. The third-order valence-corrected chi connectivity index (χ3v) is 3.37. The predicted molar refractivity (Wildman–Crippen MR) is 83.4 cm³/mol. The van der Waals surface area contributed by atoms with Gasteiger partial charge in [0.1, 0.15) is 6.61 Å². The van der Waals surface area contributed by atoms with Crippen molar-refractivity contribution < 1.29 is 19.4 Å². The van der Waals surface area contributed by atoms with Gasteiger partial charge in [0.2, 0.25) is 0 Å². The molecule has 22 heavy (non-hydrogen) atoms. The van der Waals surface area contributed by atoms with Gasteiger partial charge in [0.25, 0.3) is 0 Å². The Bertz CT molecular complexity index is 483. The minimum absolute atomic E-state index is 0.173. The van der Waals surface area contributed by atoms with Crippen molar-refractivity contribution in [3.63, 3.8) is 0 Å². The molecule has 5 heteroatoms. The van der Waals surface area contributed by atoms with Gasteiger partial charge < -0.3 is 19.5 Å². The highest BCUT2D eigenvalue weighted by molar-refractivity contribution is 5.67. The summed E-state index contributed by atoms with van der Waals surface area (Å²) in [6.07, 6.45) is -0.622. The molecule has 0 aliphatic carbocycles. The van der Waals surface area contributed by atoms with Crippen LogP contribution in [0, 0.1) is 0 Å². The lowest BCUT2D eigenvalue weighted by molar-refractivity contribution is -0.106. The Morgan fingerprint density at radius 2 is 1.95 bits per heavy atom. The summed E-state index contributed by atoms with van der Waals surface area (Å²) in [7, 11) is 0. The topological polar surface area (TPSA) is 59.0 Å². The fourth-order valence-electron chi connectivity index (χ4n) is 2.57. The van der Waals surface area contributed by atoms with Crippen LogP contribution in [0.5, 0.6) is 0 Å². The van der Waals surface area contributed by atoms with Gasteiger partial charge in [-0.25, -0.2) is 4.79 Å². The first kappa shape index (κ1) is 16.8. The molecule has 0 radical (unpaired) electrons. The Hall–Kier alpha value is -1.59. The zero-order valence-electron chi connectivity index (χ0n) is 13.5. The van der Waals surface area contributed by atoms with Gasteiger partial charge in [0, 0.05) is 6.42 Å². The normalized spacial score (nSPS) is 22.5. The molecule has 1 heterocycles. The Kier molecular flexibility index (Phi) is 5.42. The zero-order valence-corrected chi connectivity index (χ0v) is 13.5. The lowest BCUT2D eigenvalue weighted by Gasteiger charge is -2.37. The average Bonchev–Trinajstić information content (AvgIpc) is 2.43. The Labute approximate surface area is 131 Å². The molecule has 0 unspecified atom stereocenters. The van der Waals surface area contributed by atoms with Crippen molar-refractivity contribution in [3.8, 4) is 0 Å². The minimum Gasteiger partial charge on any atom is -0.445 e. The molecular weight excluding hydrogens is 282 g/mol. The van der Waals surface area contributed by atoms with Crippen molar-refractivity contribution in [1.29, 1.82) is 0 Å². The largest absolute Gasteiger partial charge is 0.445 e. The van der Waals surface area contributed by atoms with E-state index < -0.39 is 12.2 Å². The number of likely N-dealkylation sites (tertiary alicyclic amines) is 1. The third-order valence-electron chi connectivity index (χ3n) is 3.37. The molecule has 1 aromatic carbocycles. The number of nitrogens with zero attached hydrogens (tertiary/aromatic N) is 1. The summed E-state index contributed by atoms with van der Waals surface area (Å²) in [6.45, 7) is 6.86. The summed E-state index contributed by atoms with van der Waals surface area (Å²) in [4.78, 5) is 13.7. The first-order valence-electron chi connectivity index (χ1n) is 7.65. The SMILES string of the molecule is CC(C)(C)O[C@H]1C[C@H](O)CN(C(=O)OCc2ccccc2)C1. The number of carbonyl (C=O) groups excluding carboxylic acids is 1. The van der Waals surface area contributed by atoms with E-state index in [0.29, 0.717) is 13.0 Å². The lowest BCUT2D eigenvalue weighted by Crippen LogP contribution is -2.50. The quantitative estimate of drug-likeness (QED) is 0.932. The van der Waals surface area contributed by atoms with E-state index in [0.717, 1.165) is 5.56 Å². The van der Waals surface area contributed by atoms with Crippen LogP contribution in [0.4, 0.5) is 4.79 Å². The fourth-order valence-corrected chi connectivity index (χ4v) is 2.57. The number of aliphatic hydroxyl groups excluding tert-OH is 1. The van der Waals surface area contributed by atoms with Crippen molar-refractivity contribution in [1.82, 2.24) is 4.90 Å². The van der Waals surface area contributed by atoms with Crippen LogP contribution in [0.2, 0.25) is 0 Å². The molecule has 1 saturated heterocycles. The van der Waals surface area contributed by atoms with E-state index >= 15 is 0 Å². The molecule has 0 aromatic heterocycles. The number of benzene rings is 1. The summed E-state index contributed by atoms with van der Waals surface area (Å²) in [5.74, 6) is 0. The number of carbonyl (C=O) groups is 1. The van der Waals surface area contributed by atoms with Crippen molar-refractivity contribution in [3.05, 3.63) is 35.9 Å². The van der Waals surface area contributed by atoms with E-state index in [1.54, 1.807) is 0 Å². The van der Waals surface area contributed by atoms with Crippen LogP contribution >= 0.6 is 0 Å². The number of hydrogen-bond acceptors (Lipinski definition) is 4. The summed E-state index contributed by atoms with van der Waals surface area (Å²) in [6, 6.07) is 9.54. The molecule has 5 nitrogen and oxygen atoms in total. The van der Waals surface area contributed by atoms with Gasteiger partial charge in [-0.3, -0.25) is 0 Å². The summed E-state index contributed by atoms with van der Waals surface area (Å²) < 4.78 is 11.2. The average molecular weight is 307 g/mol. The Balaban J connectivity index is 1.88. The molecule has 1 N–H and O–H groups in total. The maximum atomic E-state index is 12.2. The van der Waals surface area contributed by atoms with Crippen LogP contribution in [0.15, 0.2) is 30.3 Å². The van der Waals surface area contributed by atoms with Gasteiger partial charge in [-0.1, -0.05) is 30.3 Å². The maximum absolute atomic E-state index is 12.2. The summed E-state index contributed by atoms with van der Waals surface area (Å²) in [5.41, 5.74) is 0.636. The monoisotopic (exact) mass is 307 g/mol. The van der Waals surface area contributed by atoms with Crippen molar-refractivity contribution in [2.75, 3.05) is 13.1 Å². The van der Waals surface area contributed by atoms with Crippen LogP contribution in [-0.4, -0.2) is 47.0 Å². The Morgan fingerprint density at radius 3 is 2.59 bits per heavy atom. The van der Waals surface area contributed by atoms with Crippen LogP contribution in [-0.2, 0) is 16.1 Å². The number of ether oxygens (including phenoxy) is 2. The van der Waals surface area contributed by atoms with Crippen LogP contribution in [0.3, 0.4) is 0 Å². The number of rotatable bonds is 3. The van der Waals surface area contributed by atoms with Crippen molar-refractivity contribution in [2.24, 2.45) is 0 Å². The van der Waals surface area contributed by atoms with Gasteiger partial charge in [-0.05, 0) is 26.3 Å². The van der Waals surface area contributed by atoms with E-state index in [-0.39, 0.29) is 24.9 Å². The molecule has 122 valence electrons. The van der Waals surface area contributed by atoms with E-state index in [4.69, 9.17) is 9.47 Å². The van der Waals surface area contributed by atoms with Gasteiger partial charge in [-0.15, -0.1) is 0 Å². The molecule has 2 rings (SSSR count). The highest BCUT2D eigenvalue weighted by Gasteiger charge is 2.32. The first-order chi connectivity index (χ1) is 10.3. The lowest BCUT2D eigenvalue weighted by atomic mass is 10.0. The van der Waals surface area contributed by atoms with Gasteiger partial charge in [-0.2, -0.15) is 0 Å². The molecule has 1 amide bonds. The molecule has 0 saturated carbocycles. The maximum Gasteiger partial charge on any atom is 0.410 e. The third kappa shape index (κ3) is 5.31. The zero-order chi connectivity index (χ0) is 16.2. The number of β-amino-alcohol motifs (C(OH)–C–C–N with tert-alkyl or cyclic N) is 1. The molecule has 0 bridgehead atoms. The molecule has 0 spiro atoms. The van der Waals surface area contributed by atoms with Gasteiger partial charge >= 0.3 is 6.09 Å². The second-order valence-electron chi connectivity index (χ2n) is 6.69. The Morgan fingerprint density at radius 1 is 1.27 bits per heavy atom. The van der Waals surface area contributed by atoms with E-state index in [1.165, 1.54) is 4.90 Å². The highest BCUT2D eigenvalue weighted by Crippen LogP contribution is 2.20. The highest BCUT2D eigenvalue weighted by atomic mass is 16.6. The van der Waals surface area contributed by atoms with Gasteiger partial charge in [0.05, 0.1) is 30.9 Å². The number of aliphatic hydroxyl groups is 1. The number of hydrogen-bond donors (Lipinski definition) is 1. The summed E-state index contributed by atoms with van der Waals surface area (Å²) in [5, 5.41) is 9.95. The van der Waals surface area contributed by atoms with Crippen LogP contribution < -0.4 is 0 Å². The molecular formula is C17H25NO4. The molecule has 1 aromatic rings. The molecule has 1 aliphatic rings. The van der Waals surface area contributed by atoms with Gasteiger partial charge in [0.15, 0.2) is 0 Å².